The molecule has 7 nitrogen and oxygen atoms in total. The van der Waals surface area contributed by atoms with E-state index in [4.69, 9.17) is 0 Å². The zero-order chi connectivity index (χ0) is 21.5. The number of aromatic nitrogens is 3. The van der Waals surface area contributed by atoms with Crippen LogP contribution in [0.5, 0.6) is 0 Å². The first-order chi connectivity index (χ1) is 14.4. The van der Waals surface area contributed by atoms with Crippen molar-refractivity contribution in [3.05, 3.63) is 83.5 Å². The van der Waals surface area contributed by atoms with E-state index in [1.165, 1.54) is 28.9 Å². The second kappa shape index (κ2) is 10.1. The highest BCUT2D eigenvalue weighted by Gasteiger charge is 2.19. The highest BCUT2D eigenvalue weighted by Crippen LogP contribution is 2.23. The maximum absolute atomic E-state index is 13.0. The second-order valence-corrected chi connectivity index (χ2v) is 7.82. The van der Waals surface area contributed by atoms with Crippen LogP contribution in [-0.4, -0.2) is 36.8 Å². The fourth-order valence-corrected chi connectivity index (χ4v) is 3.27. The summed E-state index contributed by atoms with van der Waals surface area (Å²) in [6.07, 6.45) is 11.8. The first-order valence-corrected chi connectivity index (χ1v) is 10.2. The number of carboxylic acids is 1. The van der Waals surface area contributed by atoms with Gasteiger partial charge in [0.25, 0.3) is 5.91 Å². The van der Waals surface area contributed by atoms with Crippen LogP contribution in [0.1, 0.15) is 34.9 Å². The summed E-state index contributed by atoms with van der Waals surface area (Å²) in [6, 6.07) is 4.79. The van der Waals surface area contributed by atoms with Gasteiger partial charge in [0.15, 0.2) is 0 Å². The summed E-state index contributed by atoms with van der Waals surface area (Å²) >= 11 is 3.49. The van der Waals surface area contributed by atoms with Gasteiger partial charge in [-0.1, -0.05) is 51.5 Å². The Hall–Kier alpha value is -3.07. The molecule has 0 bridgehead atoms. The number of benzene rings is 1. The van der Waals surface area contributed by atoms with Crippen molar-refractivity contribution in [3.8, 4) is 0 Å². The predicted octanol–water partition coefficient (Wildman–Crippen LogP) is 3.57. The van der Waals surface area contributed by atoms with Crippen LogP contribution in [-0.2, 0) is 11.3 Å². The van der Waals surface area contributed by atoms with Gasteiger partial charge < -0.3 is 10.4 Å². The van der Waals surface area contributed by atoms with Gasteiger partial charge in [0.05, 0.1) is 30.0 Å². The van der Waals surface area contributed by atoms with E-state index in [9.17, 15) is 19.1 Å². The lowest BCUT2D eigenvalue weighted by Gasteiger charge is -2.15. The Balaban J connectivity index is 1.66. The number of nitrogens with zero attached hydrogens (tertiary/aromatic N) is 3. The summed E-state index contributed by atoms with van der Waals surface area (Å²) in [6.45, 7) is 0.118. The molecule has 156 valence electrons. The smallest absolute Gasteiger partial charge is 0.305 e. The predicted molar refractivity (Wildman–Crippen MR) is 113 cm³/mol. The van der Waals surface area contributed by atoms with E-state index >= 15 is 0 Å². The summed E-state index contributed by atoms with van der Waals surface area (Å²) in [7, 11) is 0. The monoisotopic (exact) mass is 474 g/mol. The van der Waals surface area contributed by atoms with Gasteiger partial charge in [-0.05, 0) is 36.3 Å². The van der Waals surface area contributed by atoms with Crippen molar-refractivity contribution in [2.24, 2.45) is 0 Å². The van der Waals surface area contributed by atoms with Gasteiger partial charge in [-0.2, -0.15) is 0 Å². The molecule has 2 N–H and O–H groups in total. The number of amides is 1. The van der Waals surface area contributed by atoms with E-state index in [0.29, 0.717) is 17.7 Å². The molecule has 9 heteroatoms. The molecule has 0 fully saturated rings. The molecule has 1 aromatic heterocycles. The second-order valence-electron chi connectivity index (χ2n) is 6.77. The lowest BCUT2D eigenvalue weighted by atomic mass is 10.0. The van der Waals surface area contributed by atoms with Gasteiger partial charge in [0.1, 0.15) is 11.5 Å². The van der Waals surface area contributed by atoms with Crippen LogP contribution in [0.4, 0.5) is 4.39 Å². The summed E-state index contributed by atoms with van der Waals surface area (Å²) in [5, 5.41) is 20.1. The topological polar surface area (TPSA) is 97.1 Å². The number of halogens is 2. The van der Waals surface area contributed by atoms with Crippen molar-refractivity contribution in [1.29, 1.82) is 0 Å². The van der Waals surface area contributed by atoms with Crippen LogP contribution >= 0.6 is 15.9 Å². The molecule has 2 aromatic rings. The number of hydrogen-bond acceptors (Lipinski definition) is 4. The Labute approximate surface area is 181 Å². The average Bonchev–Trinajstić information content (AvgIpc) is 3.09. The summed E-state index contributed by atoms with van der Waals surface area (Å²) in [4.78, 5) is 23.6. The van der Waals surface area contributed by atoms with Crippen LogP contribution in [0.2, 0.25) is 0 Å². The van der Waals surface area contributed by atoms with Crippen molar-refractivity contribution in [1.82, 2.24) is 20.3 Å². The van der Waals surface area contributed by atoms with Crippen molar-refractivity contribution >= 4 is 27.8 Å². The highest BCUT2D eigenvalue weighted by atomic mass is 79.9. The number of nitrogens with one attached hydrogen (secondary N) is 1. The van der Waals surface area contributed by atoms with E-state index in [1.807, 2.05) is 30.4 Å². The zero-order valence-electron chi connectivity index (χ0n) is 15.9. The van der Waals surface area contributed by atoms with Crippen LogP contribution in [0.3, 0.4) is 0 Å². The van der Waals surface area contributed by atoms with Crippen LogP contribution < -0.4 is 5.32 Å². The first-order valence-electron chi connectivity index (χ1n) is 9.26. The van der Waals surface area contributed by atoms with E-state index in [1.54, 1.807) is 6.20 Å². The normalized spacial score (nSPS) is 16.6. The molecule has 0 radical (unpaired) electrons. The molecule has 1 aliphatic rings. The highest BCUT2D eigenvalue weighted by molar-refractivity contribution is 9.09. The lowest BCUT2D eigenvalue weighted by molar-refractivity contribution is -0.138. The third kappa shape index (κ3) is 6.21. The molecule has 2 atom stereocenters. The number of aliphatic carboxylic acids is 1. The summed E-state index contributed by atoms with van der Waals surface area (Å²) < 4.78 is 14.5. The number of carbonyl (C=O) groups excluding carboxylic acids is 1. The molecule has 30 heavy (non-hydrogen) atoms. The summed E-state index contributed by atoms with van der Waals surface area (Å²) in [5.74, 6) is -1.72. The first kappa shape index (κ1) is 21.6. The fraction of sp³-hybridized carbons (Fsp3) is 0.238. The Morgan fingerprint density at radius 1 is 1.27 bits per heavy atom. The molecular weight excluding hydrogens is 455 g/mol. The van der Waals surface area contributed by atoms with E-state index < -0.39 is 17.8 Å². The lowest BCUT2D eigenvalue weighted by Crippen LogP contribution is -2.23. The third-order valence-electron chi connectivity index (χ3n) is 4.45. The molecule has 1 unspecified atom stereocenters. The average molecular weight is 475 g/mol. The molecule has 1 amide bonds. The number of carboxylic acid groups (broad SMARTS) is 1. The standard InChI is InChI=1S/C21H20BrFN4O3/c22-16-3-1-2-14(4-7-16)10-19(11-20(28)29)27-13-18(25-26-27)12-24-21(30)15-5-8-17(23)9-6-15/h1-9,13,16,19H,10-12H2,(H,24,30)(H,28,29)/t16?,19-/m1/s1. The minimum atomic E-state index is -0.936. The van der Waals surface area contributed by atoms with Crippen LogP contribution in [0, 0.1) is 5.82 Å². The molecule has 0 spiro atoms. The van der Waals surface area contributed by atoms with Gasteiger partial charge in [-0.3, -0.25) is 9.59 Å². The van der Waals surface area contributed by atoms with E-state index in [2.05, 4.69) is 31.6 Å². The molecule has 1 aliphatic carbocycles. The molecule has 1 aromatic carbocycles. The van der Waals surface area contributed by atoms with Gasteiger partial charge >= 0.3 is 5.97 Å². The van der Waals surface area contributed by atoms with Gasteiger partial charge in [0.2, 0.25) is 0 Å². The quantitative estimate of drug-likeness (QED) is 0.570. The van der Waals surface area contributed by atoms with Gasteiger partial charge in [-0.25, -0.2) is 9.07 Å². The Kier molecular flexibility index (Phi) is 7.29. The maximum atomic E-state index is 13.0. The van der Waals surface area contributed by atoms with Crippen LogP contribution in [0.15, 0.2) is 66.4 Å². The molecule has 1 heterocycles. The van der Waals surface area contributed by atoms with Gasteiger partial charge in [-0.15, -0.1) is 5.10 Å². The van der Waals surface area contributed by atoms with Crippen molar-refractivity contribution in [2.45, 2.75) is 30.3 Å². The van der Waals surface area contributed by atoms with Crippen molar-refractivity contribution < 1.29 is 19.1 Å². The minimum absolute atomic E-state index is 0.114. The number of allylic oxidation sites excluding steroid dienone is 6. The number of rotatable bonds is 8. The van der Waals surface area contributed by atoms with E-state index in [0.717, 1.165) is 5.57 Å². The number of alkyl halides is 1. The fourth-order valence-electron chi connectivity index (χ4n) is 2.94. The number of carbonyl (C=O) groups is 2. The number of hydrogen-bond donors (Lipinski definition) is 2. The molecule has 0 aliphatic heterocycles. The van der Waals surface area contributed by atoms with E-state index in [-0.39, 0.29) is 23.7 Å². The Bertz CT molecular complexity index is 998. The van der Waals surface area contributed by atoms with Gasteiger partial charge in [0, 0.05) is 5.56 Å². The largest absolute Gasteiger partial charge is 0.481 e. The molecule has 0 saturated heterocycles. The molecular formula is C21H20BrFN4O3. The maximum Gasteiger partial charge on any atom is 0.305 e. The zero-order valence-corrected chi connectivity index (χ0v) is 17.5. The van der Waals surface area contributed by atoms with Crippen LogP contribution in [0.25, 0.3) is 0 Å². The molecule has 3 rings (SSSR count). The van der Waals surface area contributed by atoms with Crippen molar-refractivity contribution in [3.63, 3.8) is 0 Å². The van der Waals surface area contributed by atoms with Crippen molar-refractivity contribution in [2.75, 3.05) is 0 Å². The SMILES string of the molecule is O=C(O)C[C@@H](CC1=CC=CC(Br)C=C1)n1cc(CNC(=O)c2ccc(F)cc2)nn1. The Morgan fingerprint density at radius 2 is 2.03 bits per heavy atom. The third-order valence-corrected chi connectivity index (χ3v) is 5.06. The summed E-state index contributed by atoms with van der Waals surface area (Å²) in [5.41, 5.74) is 1.80. The minimum Gasteiger partial charge on any atom is -0.481 e. The Morgan fingerprint density at radius 3 is 2.77 bits per heavy atom. The molecule has 0 saturated carbocycles.